The smallest absolute Gasteiger partial charge is 0.293 e. The number of pyridine rings is 1. The fourth-order valence-electron chi connectivity index (χ4n) is 1.16. The fourth-order valence-corrected chi connectivity index (χ4v) is 1.16. The van der Waals surface area contributed by atoms with Crippen molar-refractivity contribution in [3.8, 4) is 0 Å². The zero-order chi connectivity index (χ0) is 11.5. The van der Waals surface area contributed by atoms with Crippen LogP contribution >= 0.6 is 0 Å². The van der Waals surface area contributed by atoms with Gasteiger partial charge in [0.1, 0.15) is 0 Å². The summed E-state index contributed by atoms with van der Waals surface area (Å²) in [4.78, 5) is 18.8. The van der Waals surface area contributed by atoms with Crippen LogP contribution in [-0.4, -0.2) is 15.9 Å². The Hall–Kier alpha value is -2.24. The van der Waals surface area contributed by atoms with E-state index in [1.807, 2.05) is 0 Å². The molecule has 1 amide bonds. The first-order valence-corrected chi connectivity index (χ1v) is 4.50. The first-order chi connectivity index (χ1) is 7.66. The summed E-state index contributed by atoms with van der Waals surface area (Å²) in [6.45, 7) is 1.65. The molecule has 2 aromatic heterocycles. The number of amides is 1. The molecule has 5 nitrogen and oxygen atoms in total. The normalized spacial score (nSPS) is 10.1. The highest BCUT2D eigenvalue weighted by molar-refractivity contribution is 6.02. The molecule has 0 aromatic carbocycles. The zero-order valence-electron chi connectivity index (χ0n) is 8.40. The van der Waals surface area contributed by atoms with Crippen LogP contribution in [0, 0.1) is 12.9 Å². The minimum atomic E-state index is -0.603. The summed E-state index contributed by atoms with van der Waals surface area (Å²) in [7, 11) is 0. The van der Waals surface area contributed by atoms with Crippen molar-refractivity contribution in [1.82, 2.24) is 9.97 Å². The third kappa shape index (κ3) is 2.05. The molecule has 82 valence electrons. The molecule has 0 saturated heterocycles. The van der Waals surface area contributed by atoms with Crippen LogP contribution in [0.1, 0.15) is 16.2 Å². The first kappa shape index (κ1) is 10.3. The molecule has 0 radical (unpaired) electrons. The molecule has 1 N–H and O–H groups in total. The lowest BCUT2D eigenvalue weighted by Crippen LogP contribution is -2.12. The van der Waals surface area contributed by atoms with Gasteiger partial charge in [-0.05, 0) is 19.1 Å². The van der Waals surface area contributed by atoms with E-state index in [0.717, 1.165) is 6.07 Å². The molecular formula is C10H8FN3O2. The maximum absolute atomic E-state index is 12.5. The molecular weight excluding hydrogens is 213 g/mol. The molecule has 2 rings (SSSR count). The van der Waals surface area contributed by atoms with E-state index in [-0.39, 0.29) is 5.76 Å². The Bertz CT molecular complexity index is 507. The van der Waals surface area contributed by atoms with Crippen molar-refractivity contribution in [3.05, 3.63) is 42.1 Å². The SMILES string of the molecule is Cc1ncoc1C(=O)Nc1ccc(F)nc1. The summed E-state index contributed by atoms with van der Waals surface area (Å²) in [5.41, 5.74) is 0.884. The molecule has 0 bridgehead atoms. The van der Waals surface area contributed by atoms with Gasteiger partial charge in [0.2, 0.25) is 11.7 Å². The Morgan fingerprint density at radius 1 is 1.44 bits per heavy atom. The van der Waals surface area contributed by atoms with E-state index in [0.29, 0.717) is 11.4 Å². The summed E-state index contributed by atoms with van der Waals surface area (Å²) in [6.07, 6.45) is 2.41. The summed E-state index contributed by atoms with van der Waals surface area (Å²) in [6, 6.07) is 2.56. The number of nitrogens with zero attached hydrogens (tertiary/aromatic N) is 2. The largest absolute Gasteiger partial charge is 0.438 e. The summed E-state index contributed by atoms with van der Waals surface area (Å²) >= 11 is 0. The lowest BCUT2D eigenvalue weighted by Gasteiger charge is -2.02. The van der Waals surface area contributed by atoms with E-state index in [1.54, 1.807) is 6.92 Å². The van der Waals surface area contributed by atoms with Crippen LogP contribution in [0.4, 0.5) is 10.1 Å². The summed E-state index contributed by atoms with van der Waals surface area (Å²) in [5, 5.41) is 2.51. The molecule has 2 heterocycles. The van der Waals surface area contributed by atoms with Gasteiger partial charge in [-0.25, -0.2) is 9.97 Å². The van der Waals surface area contributed by atoms with Gasteiger partial charge in [0.25, 0.3) is 5.91 Å². The molecule has 0 unspecified atom stereocenters. The Morgan fingerprint density at radius 2 is 2.25 bits per heavy atom. The Morgan fingerprint density at radius 3 is 2.81 bits per heavy atom. The van der Waals surface area contributed by atoms with Crippen molar-refractivity contribution in [3.63, 3.8) is 0 Å². The maximum Gasteiger partial charge on any atom is 0.293 e. The molecule has 0 atom stereocenters. The van der Waals surface area contributed by atoms with Crippen LogP contribution in [0.3, 0.4) is 0 Å². The second-order valence-electron chi connectivity index (χ2n) is 3.09. The second kappa shape index (κ2) is 4.09. The lowest BCUT2D eigenvalue weighted by molar-refractivity contribution is 0.0996. The van der Waals surface area contributed by atoms with Gasteiger partial charge in [0, 0.05) is 0 Å². The van der Waals surface area contributed by atoms with Crippen molar-refractivity contribution in [2.45, 2.75) is 6.92 Å². The molecule has 16 heavy (non-hydrogen) atoms. The molecule has 2 aromatic rings. The van der Waals surface area contributed by atoms with Crippen LogP contribution < -0.4 is 5.32 Å². The molecule has 0 saturated carbocycles. The van der Waals surface area contributed by atoms with Crippen LogP contribution in [0.25, 0.3) is 0 Å². The number of hydrogen-bond donors (Lipinski definition) is 1. The van der Waals surface area contributed by atoms with Crippen LogP contribution in [-0.2, 0) is 0 Å². The maximum atomic E-state index is 12.5. The lowest BCUT2D eigenvalue weighted by atomic mass is 10.3. The van der Waals surface area contributed by atoms with Crippen LogP contribution in [0.2, 0.25) is 0 Å². The molecule has 0 fully saturated rings. The number of aryl methyl sites for hydroxylation is 1. The second-order valence-corrected chi connectivity index (χ2v) is 3.09. The average molecular weight is 221 g/mol. The molecule has 0 aliphatic heterocycles. The van der Waals surface area contributed by atoms with Crippen LogP contribution in [0.15, 0.2) is 29.1 Å². The average Bonchev–Trinajstić information content (AvgIpc) is 2.68. The highest BCUT2D eigenvalue weighted by Gasteiger charge is 2.13. The third-order valence-electron chi connectivity index (χ3n) is 1.94. The van der Waals surface area contributed by atoms with Crippen LogP contribution in [0.5, 0.6) is 0 Å². The minimum Gasteiger partial charge on any atom is -0.438 e. The Kier molecular flexibility index (Phi) is 2.63. The quantitative estimate of drug-likeness (QED) is 0.784. The van der Waals surface area contributed by atoms with Crippen molar-refractivity contribution in [1.29, 1.82) is 0 Å². The van der Waals surface area contributed by atoms with E-state index in [2.05, 4.69) is 15.3 Å². The number of hydrogen-bond acceptors (Lipinski definition) is 4. The number of aromatic nitrogens is 2. The van der Waals surface area contributed by atoms with E-state index in [9.17, 15) is 9.18 Å². The predicted molar refractivity (Wildman–Crippen MR) is 53.4 cm³/mol. The van der Waals surface area contributed by atoms with Crippen molar-refractivity contribution >= 4 is 11.6 Å². The summed E-state index contributed by atoms with van der Waals surface area (Å²) < 4.78 is 17.4. The van der Waals surface area contributed by atoms with Crippen molar-refractivity contribution in [2.24, 2.45) is 0 Å². The number of anilines is 1. The number of halogens is 1. The fraction of sp³-hybridized carbons (Fsp3) is 0.100. The van der Waals surface area contributed by atoms with E-state index >= 15 is 0 Å². The van der Waals surface area contributed by atoms with Gasteiger partial charge in [-0.15, -0.1) is 0 Å². The number of oxazole rings is 1. The van der Waals surface area contributed by atoms with Gasteiger partial charge in [0.15, 0.2) is 6.39 Å². The van der Waals surface area contributed by atoms with Gasteiger partial charge in [-0.3, -0.25) is 4.79 Å². The highest BCUT2D eigenvalue weighted by atomic mass is 19.1. The standard InChI is InChI=1S/C10H8FN3O2/c1-6-9(16-5-13-6)10(15)14-7-2-3-8(11)12-4-7/h2-5H,1H3,(H,14,15). The Labute approximate surface area is 90.3 Å². The minimum absolute atomic E-state index is 0.129. The van der Waals surface area contributed by atoms with Gasteiger partial charge < -0.3 is 9.73 Å². The number of rotatable bonds is 2. The van der Waals surface area contributed by atoms with Gasteiger partial charge >= 0.3 is 0 Å². The predicted octanol–water partition coefficient (Wildman–Crippen LogP) is 1.77. The number of carbonyl (C=O) groups is 1. The number of nitrogens with one attached hydrogen (secondary N) is 1. The highest BCUT2D eigenvalue weighted by Crippen LogP contribution is 2.10. The monoisotopic (exact) mass is 221 g/mol. The topological polar surface area (TPSA) is 68.0 Å². The van der Waals surface area contributed by atoms with Gasteiger partial charge in [0.05, 0.1) is 17.6 Å². The van der Waals surface area contributed by atoms with Gasteiger partial charge in [-0.1, -0.05) is 0 Å². The van der Waals surface area contributed by atoms with E-state index in [1.165, 1.54) is 18.7 Å². The van der Waals surface area contributed by atoms with E-state index < -0.39 is 11.9 Å². The van der Waals surface area contributed by atoms with Gasteiger partial charge in [-0.2, -0.15) is 4.39 Å². The Balaban J connectivity index is 2.14. The van der Waals surface area contributed by atoms with Crippen molar-refractivity contribution < 1.29 is 13.6 Å². The third-order valence-corrected chi connectivity index (χ3v) is 1.94. The molecule has 0 aliphatic rings. The first-order valence-electron chi connectivity index (χ1n) is 4.50. The van der Waals surface area contributed by atoms with E-state index in [4.69, 9.17) is 4.42 Å². The van der Waals surface area contributed by atoms with Crippen molar-refractivity contribution in [2.75, 3.05) is 5.32 Å². The molecule has 0 aliphatic carbocycles. The molecule has 0 spiro atoms. The summed E-state index contributed by atoms with van der Waals surface area (Å²) in [5.74, 6) is -0.915. The zero-order valence-corrected chi connectivity index (χ0v) is 8.40. The number of carbonyl (C=O) groups excluding carboxylic acids is 1. The molecule has 6 heteroatoms.